The molecule has 2 aromatic rings. The van der Waals surface area contributed by atoms with E-state index in [1.165, 1.54) is 0 Å². The third-order valence-electron chi connectivity index (χ3n) is 4.56. The molecule has 6 nitrogen and oxygen atoms in total. The highest BCUT2D eigenvalue weighted by molar-refractivity contribution is 6.30. The predicted molar refractivity (Wildman–Crippen MR) is 97.6 cm³/mol. The Labute approximate surface area is 156 Å². The van der Waals surface area contributed by atoms with Gasteiger partial charge < -0.3 is 19.9 Å². The molecule has 2 N–H and O–H groups in total. The third-order valence-corrected chi connectivity index (χ3v) is 4.80. The van der Waals surface area contributed by atoms with E-state index in [1.807, 2.05) is 30.3 Å². The lowest BCUT2D eigenvalue weighted by Crippen LogP contribution is -2.35. The number of ether oxygens (including phenoxy) is 2. The lowest BCUT2D eigenvalue weighted by Gasteiger charge is -2.22. The molecule has 2 aliphatic heterocycles. The first-order chi connectivity index (χ1) is 12.6. The van der Waals surface area contributed by atoms with Crippen LogP contribution in [0, 0.1) is 0 Å². The molecular formula is C19H19ClN2O4. The van der Waals surface area contributed by atoms with Crippen molar-refractivity contribution < 1.29 is 19.4 Å². The number of alkyl carbamates (subject to hydrolysis) is 1. The molecule has 0 aromatic heterocycles. The van der Waals surface area contributed by atoms with Crippen molar-refractivity contribution in [1.82, 2.24) is 10.2 Å². The number of phenolic OH excluding ortho intramolecular Hbond substituents is 1. The molecule has 1 atom stereocenters. The number of carbonyl (C=O) groups is 1. The minimum atomic E-state index is -0.373. The number of benzene rings is 2. The van der Waals surface area contributed by atoms with Crippen LogP contribution in [0.4, 0.5) is 4.79 Å². The van der Waals surface area contributed by atoms with Crippen molar-refractivity contribution in [2.24, 2.45) is 0 Å². The molecule has 4 rings (SSSR count). The molecule has 1 amide bonds. The second-order valence-corrected chi connectivity index (χ2v) is 6.92. The fourth-order valence-corrected chi connectivity index (χ4v) is 3.56. The van der Waals surface area contributed by atoms with Crippen molar-refractivity contribution in [2.45, 2.75) is 12.6 Å². The fraction of sp³-hybridized carbons (Fsp3) is 0.316. The second-order valence-electron chi connectivity index (χ2n) is 6.49. The number of hydrogen-bond acceptors (Lipinski definition) is 5. The quantitative estimate of drug-likeness (QED) is 0.864. The lowest BCUT2D eigenvalue weighted by atomic mass is 10.0. The number of carbonyl (C=O) groups excluding carboxylic acids is 1. The van der Waals surface area contributed by atoms with E-state index in [4.69, 9.17) is 21.1 Å². The Balaban J connectivity index is 1.60. The summed E-state index contributed by atoms with van der Waals surface area (Å²) in [5, 5.41) is 13.8. The topological polar surface area (TPSA) is 71.0 Å². The zero-order valence-corrected chi connectivity index (χ0v) is 14.8. The summed E-state index contributed by atoms with van der Waals surface area (Å²) in [5.74, 6) is 0.633. The highest BCUT2D eigenvalue weighted by Crippen LogP contribution is 2.38. The van der Waals surface area contributed by atoms with E-state index in [9.17, 15) is 9.90 Å². The first-order valence-corrected chi connectivity index (χ1v) is 8.88. The molecule has 2 aliphatic rings. The normalized spacial score (nSPS) is 19.9. The molecule has 2 heterocycles. The third kappa shape index (κ3) is 3.57. The second kappa shape index (κ2) is 7.05. The Morgan fingerprint density at radius 3 is 2.92 bits per heavy atom. The average Bonchev–Trinajstić information content (AvgIpc) is 2.89. The summed E-state index contributed by atoms with van der Waals surface area (Å²) in [7, 11) is 0. The number of amides is 1. The van der Waals surface area contributed by atoms with Gasteiger partial charge in [-0.05, 0) is 35.4 Å². The minimum absolute atomic E-state index is 0.119. The van der Waals surface area contributed by atoms with Gasteiger partial charge in [-0.2, -0.15) is 0 Å². The van der Waals surface area contributed by atoms with Gasteiger partial charge in [-0.3, -0.25) is 4.90 Å². The number of halogens is 1. The summed E-state index contributed by atoms with van der Waals surface area (Å²) in [6.45, 7) is 2.88. The van der Waals surface area contributed by atoms with Crippen LogP contribution < -0.4 is 10.1 Å². The van der Waals surface area contributed by atoms with Crippen LogP contribution in [0.3, 0.4) is 0 Å². The van der Waals surface area contributed by atoms with Gasteiger partial charge in [-0.1, -0.05) is 23.7 Å². The maximum Gasteiger partial charge on any atom is 0.407 e. The van der Waals surface area contributed by atoms with E-state index in [0.29, 0.717) is 43.6 Å². The number of phenols is 1. The molecule has 0 aliphatic carbocycles. The van der Waals surface area contributed by atoms with Gasteiger partial charge in [0.05, 0.1) is 6.54 Å². The number of rotatable bonds is 3. The molecule has 0 unspecified atom stereocenters. The monoisotopic (exact) mass is 374 g/mol. The maximum atomic E-state index is 11.2. The molecule has 0 bridgehead atoms. The Kier molecular flexibility index (Phi) is 4.61. The molecule has 2 aromatic carbocycles. The summed E-state index contributed by atoms with van der Waals surface area (Å²) in [5.41, 5.74) is 2.71. The predicted octanol–water partition coefficient (Wildman–Crippen LogP) is 3.02. The van der Waals surface area contributed by atoms with Gasteiger partial charge in [0.15, 0.2) is 11.5 Å². The maximum absolute atomic E-state index is 11.2. The number of aromatic hydroxyl groups is 1. The molecule has 7 heteroatoms. The summed E-state index contributed by atoms with van der Waals surface area (Å²) in [6, 6.07) is 11.2. The van der Waals surface area contributed by atoms with E-state index < -0.39 is 0 Å². The van der Waals surface area contributed by atoms with Crippen LogP contribution in [0.2, 0.25) is 5.02 Å². The van der Waals surface area contributed by atoms with E-state index in [0.717, 1.165) is 16.7 Å². The molecule has 1 fully saturated rings. The summed E-state index contributed by atoms with van der Waals surface area (Å²) in [6.07, 6.45) is -0.545. The zero-order valence-electron chi connectivity index (χ0n) is 14.1. The van der Waals surface area contributed by atoms with Crippen LogP contribution in [0.1, 0.15) is 5.56 Å². The molecule has 136 valence electrons. The number of nitrogens with zero attached hydrogens (tertiary/aromatic N) is 1. The summed E-state index contributed by atoms with van der Waals surface area (Å²) < 4.78 is 11.0. The van der Waals surface area contributed by atoms with Crippen molar-refractivity contribution in [3.63, 3.8) is 0 Å². The molecular weight excluding hydrogens is 356 g/mol. The van der Waals surface area contributed by atoms with Gasteiger partial charge in [-0.15, -0.1) is 0 Å². The van der Waals surface area contributed by atoms with Gasteiger partial charge in [0.25, 0.3) is 0 Å². The Hall–Kier alpha value is -2.44. The molecule has 0 saturated carbocycles. The first kappa shape index (κ1) is 17.0. The van der Waals surface area contributed by atoms with Crippen LogP contribution in [-0.2, 0) is 11.3 Å². The SMILES string of the molecule is O=C1NC[C@@H](CN2CCOc3c(O)cc(-c4cccc(Cl)c4)cc3C2)O1. The Bertz CT molecular complexity index is 842. The lowest BCUT2D eigenvalue weighted by molar-refractivity contribution is 0.103. The van der Waals surface area contributed by atoms with E-state index in [1.54, 1.807) is 6.07 Å². The number of nitrogens with one attached hydrogen (secondary N) is 1. The smallest absolute Gasteiger partial charge is 0.407 e. The van der Waals surface area contributed by atoms with Crippen molar-refractivity contribution in [3.8, 4) is 22.6 Å². The van der Waals surface area contributed by atoms with E-state index in [2.05, 4.69) is 10.2 Å². The van der Waals surface area contributed by atoms with Crippen molar-refractivity contribution in [1.29, 1.82) is 0 Å². The van der Waals surface area contributed by atoms with Crippen LogP contribution in [0.15, 0.2) is 36.4 Å². The van der Waals surface area contributed by atoms with Crippen LogP contribution in [0.5, 0.6) is 11.5 Å². The van der Waals surface area contributed by atoms with E-state index >= 15 is 0 Å². The van der Waals surface area contributed by atoms with E-state index in [-0.39, 0.29) is 17.9 Å². The van der Waals surface area contributed by atoms with Gasteiger partial charge in [0, 0.05) is 30.2 Å². The van der Waals surface area contributed by atoms with Crippen molar-refractivity contribution >= 4 is 17.7 Å². The number of cyclic esters (lactones) is 1. The van der Waals surface area contributed by atoms with Crippen molar-refractivity contribution in [2.75, 3.05) is 26.2 Å². The average molecular weight is 375 g/mol. The number of fused-ring (bicyclic) bond motifs is 1. The molecule has 0 radical (unpaired) electrons. The highest BCUT2D eigenvalue weighted by atomic mass is 35.5. The first-order valence-electron chi connectivity index (χ1n) is 8.50. The molecule has 26 heavy (non-hydrogen) atoms. The van der Waals surface area contributed by atoms with Crippen molar-refractivity contribution in [3.05, 3.63) is 47.0 Å². The van der Waals surface area contributed by atoms with Gasteiger partial charge in [0.1, 0.15) is 12.7 Å². The molecule has 0 spiro atoms. The standard InChI is InChI=1S/C19H19ClN2O4/c20-15-3-1-2-12(7-15)13-6-14-10-22(11-16-9-21-19(24)26-16)4-5-25-18(14)17(23)8-13/h1-3,6-8,16,23H,4-5,9-11H2,(H,21,24)/t16-/m0/s1. The van der Waals surface area contributed by atoms with Crippen LogP contribution in [-0.4, -0.2) is 48.4 Å². The van der Waals surface area contributed by atoms with Gasteiger partial charge in [-0.25, -0.2) is 4.79 Å². The van der Waals surface area contributed by atoms with Gasteiger partial charge >= 0.3 is 6.09 Å². The summed E-state index contributed by atoms with van der Waals surface area (Å²) in [4.78, 5) is 13.4. The highest BCUT2D eigenvalue weighted by Gasteiger charge is 2.27. The molecule has 1 saturated heterocycles. The zero-order chi connectivity index (χ0) is 18.1. The number of hydrogen-bond donors (Lipinski definition) is 2. The Morgan fingerprint density at radius 2 is 2.15 bits per heavy atom. The van der Waals surface area contributed by atoms with Crippen LogP contribution >= 0.6 is 11.6 Å². The largest absolute Gasteiger partial charge is 0.504 e. The van der Waals surface area contributed by atoms with Crippen LogP contribution in [0.25, 0.3) is 11.1 Å². The van der Waals surface area contributed by atoms with Gasteiger partial charge in [0.2, 0.25) is 0 Å². The minimum Gasteiger partial charge on any atom is -0.504 e. The summed E-state index contributed by atoms with van der Waals surface area (Å²) >= 11 is 6.09. The Morgan fingerprint density at radius 1 is 1.27 bits per heavy atom. The fourth-order valence-electron chi connectivity index (χ4n) is 3.37.